The van der Waals surface area contributed by atoms with E-state index in [1.165, 1.54) is 43.0 Å². The molecule has 5 rings (SSSR count). The third kappa shape index (κ3) is 3.17. The second-order valence-electron chi connectivity index (χ2n) is 7.16. The largest absolute Gasteiger partial charge is 0.360 e. The average Bonchev–Trinajstić information content (AvgIpc) is 3.23. The first-order chi connectivity index (χ1) is 15.4. The molecule has 2 aromatic heterocycles. The Balaban J connectivity index is 1.67. The van der Waals surface area contributed by atoms with E-state index in [1.807, 2.05) is 0 Å². The first-order valence-corrected chi connectivity index (χ1v) is 11.0. The predicted octanol–water partition coefficient (Wildman–Crippen LogP) is 3.68. The van der Waals surface area contributed by atoms with Crippen LogP contribution in [0.3, 0.4) is 0 Å². The summed E-state index contributed by atoms with van der Waals surface area (Å²) in [6.07, 6.45) is 4.37. The summed E-state index contributed by atoms with van der Waals surface area (Å²) in [6.45, 7) is 1.72. The maximum absolute atomic E-state index is 14.6. The molecule has 1 atom stereocenters. The van der Waals surface area contributed by atoms with E-state index in [4.69, 9.17) is 0 Å². The number of nitrogens with zero attached hydrogens (tertiary/aromatic N) is 4. The van der Waals surface area contributed by atoms with Gasteiger partial charge in [0.15, 0.2) is 11.5 Å². The number of aromatic nitrogens is 4. The quantitative estimate of drug-likeness (QED) is 0.488. The molecule has 2 aromatic carbocycles. The zero-order valence-electron chi connectivity index (χ0n) is 16.6. The maximum Gasteiger partial charge on any atom is 0.271 e. The topological polar surface area (TPSA) is 104 Å². The Morgan fingerprint density at radius 1 is 1.09 bits per heavy atom. The van der Waals surface area contributed by atoms with Crippen molar-refractivity contribution in [2.24, 2.45) is 0 Å². The molecule has 0 radical (unpaired) electrons. The molecular formula is C21H16F2N6O2S. The highest BCUT2D eigenvalue weighted by atomic mass is 32.2. The van der Waals surface area contributed by atoms with Gasteiger partial charge >= 0.3 is 0 Å². The molecule has 1 aliphatic heterocycles. The monoisotopic (exact) mass is 454 g/mol. The molecule has 0 fully saturated rings. The summed E-state index contributed by atoms with van der Waals surface area (Å²) in [5.74, 6) is -1.12. The zero-order valence-corrected chi connectivity index (χ0v) is 17.4. The molecular weight excluding hydrogens is 438 g/mol. The number of aromatic amines is 1. The van der Waals surface area contributed by atoms with Crippen LogP contribution in [0.2, 0.25) is 0 Å². The SMILES string of the molecule is CC(Nc1ncnc2[nH]cnc12)C1=Cc2cccc(F)c2S(=O)(=O)N1c1cccc(F)c1. The minimum absolute atomic E-state index is 0.0476. The Morgan fingerprint density at radius 3 is 2.72 bits per heavy atom. The van der Waals surface area contributed by atoms with Crippen molar-refractivity contribution >= 4 is 38.8 Å². The van der Waals surface area contributed by atoms with Gasteiger partial charge in [0, 0.05) is 0 Å². The molecule has 0 aliphatic carbocycles. The Hall–Kier alpha value is -3.86. The fourth-order valence-corrected chi connectivity index (χ4v) is 5.50. The van der Waals surface area contributed by atoms with Gasteiger partial charge in [-0.1, -0.05) is 18.2 Å². The number of fused-ring (bicyclic) bond motifs is 2. The molecule has 0 amide bonds. The smallest absolute Gasteiger partial charge is 0.271 e. The van der Waals surface area contributed by atoms with Crippen LogP contribution in [0.25, 0.3) is 17.2 Å². The molecule has 1 aliphatic rings. The molecule has 4 aromatic rings. The molecule has 162 valence electrons. The van der Waals surface area contributed by atoms with E-state index in [1.54, 1.807) is 13.0 Å². The van der Waals surface area contributed by atoms with Crippen molar-refractivity contribution in [2.45, 2.75) is 17.9 Å². The summed E-state index contributed by atoms with van der Waals surface area (Å²) in [5, 5.41) is 3.14. The van der Waals surface area contributed by atoms with Gasteiger partial charge in [0.1, 0.15) is 28.4 Å². The standard InChI is InChI=1S/C21H16F2N6O2S/c1-12(28-21-18-20(25-10-24-18)26-11-27-21)17-8-13-4-2-7-16(23)19(13)32(30,31)29(17)15-6-3-5-14(22)9-15/h2-12H,1H3,(H2,24,25,26,27,28). The Morgan fingerprint density at radius 2 is 1.91 bits per heavy atom. The summed E-state index contributed by atoms with van der Waals surface area (Å²) in [6, 6.07) is 8.52. The van der Waals surface area contributed by atoms with E-state index < -0.39 is 32.6 Å². The average molecular weight is 454 g/mol. The summed E-state index contributed by atoms with van der Waals surface area (Å²) < 4.78 is 56.6. The first-order valence-electron chi connectivity index (χ1n) is 9.58. The van der Waals surface area contributed by atoms with Crippen LogP contribution in [-0.2, 0) is 10.0 Å². The Labute approximate surface area is 181 Å². The lowest BCUT2D eigenvalue weighted by Crippen LogP contribution is -2.40. The van der Waals surface area contributed by atoms with Gasteiger partial charge in [-0.2, -0.15) is 0 Å². The number of rotatable bonds is 4. The first kappa shape index (κ1) is 20.1. The van der Waals surface area contributed by atoms with Crippen molar-refractivity contribution in [3.05, 3.63) is 78.0 Å². The van der Waals surface area contributed by atoms with E-state index in [2.05, 4.69) is 25.3 Å². The Bertz CT molecular complexity index is 1480. The van der Waals surface area contributed by atoms with Crippen LogP contribution in [0.15, 0.2) is 65.7 Å². The van der Waals surface area contributed by atoms with Gasteiger partial charge in [-0.15, -0.1) is 0 Å². The normalized spacial score (nSPS) is 15.8. The highest BCUT2D eigenvalue weighted by Crippen LogP contribution is 2.38. The van der Waals surface area contributed by atoms with Crippen molar-refractivity contribution in [2.75, 3.05) is 9.62 Å². The molecule has 11 heteroatoms. The number of hydrogen-bond acceptors (Lipinski definition) is 6. The highest BCUT2D eigenvalue weighted by molar-refractivity contribution is 7.93. The fourth-order valence-electron chi connectivity index (χ4n) is 3.70. The number of hydrogen-bond donors (Lipinski definition) is 2. The number of H-pyrrole nitrogens is 1. The van der Waals surface area contributed by atoms with Crippen LogP contribution in [0, 0.1) is 11.6 Å². The van der Waals surface area contributed by atoms with Crippen molar-refractivity contribution in [3.8, 4) is 0 Å². The molecule has 0 bridgehead atoms. The van der Waals surface area contributed by atoms with E-state index in [0.29, 0.717) is 17.0 Å². The van der Waals surface area contributed by atoms with Gasteiger partial charge in [-0.25, -0.2) is 36.5 Å². The molecule has 2 N–H and O–H groups in total. The number of halogens is 2. The van der Waals surface area contributed by atoms with Gasteiger partial charge < -0.3 is 10.3 Å². The van der Waals surface area contributed by atoms with E-state index in [-0.39, 0.29) is 16.9 Å². The van der Waals surface area contributed by atoms with Crippen LogP contribution in [-0.4, -0.2) is 34.4 Å². The van der Waals surface area contributed by atoms with Gasteiger partial charge in [0.2, 0.25) is 0 Å². The molecule has 0 spiro atoms. The van der Waals surface area contributed by atoms with Crippen molar-refractivity contribution in [3.63, 3.8) is 0 Å². The van der Waals surface area contributed by atoms with Crippen molar-refractivity contribution < 1.29 is 17.2 Å². The van der Waals surface area contributed by atoms with Crippen LogP contribution < -0.4 is 9.62 Å². The maximum atomic E-state index is 14.6. The number of imidazole rings is 1. The zero-order chi connectivity index (χ0) is 22.5. The summed E-state index contributed by atoms with van der Waals surface area (Å²) in [5.41, 5.74) is 1.49. The molecule has 1 unspecified atom stereocenters. The van der Waals surface area contributed by atoms with Crippen molar-refractivity contribution in [1.29, 1.82) is 0 Å². The van der Waals surface area contributed by atoms with Crippen LogP contribution >= 0.6 is 0 Å². The Kier molecular flexibility index (Phi) is 4.63. The molecule has 32 heavy (non-hydrogen) atoms. The fraction of sp³-hybridized carbons (Fsp3) is 0.0952. The van der Waals surface area contributed by atoms with Gasteiger partial charge in [0.05, 0.1) is 23.8 Å². The lowest BCUT2D eigenvalue weighted by Gasteiger charge is -2.34. The summed E-state index contributed by atoms with van der Waals surface area (Å²) in [7, 11) is -4.37. The van der Waals surface area contributed by atoms with Gasteiger partial charge in [0.25, 0.3) is 10.0 Å². The summed E-state index contributed by atoms with van der Waals surface area (Å²) in [4.78, 5) is 14.9. The van der Waals surface area contributed by atoms with E-state index in [0.717, 1.165) is 16.4 Å². The number of benzene rings is 2. The van der Waals surface area contributed by atoms with Gasteiger partial charge in [-0.3, -0.25) is 0 Å². The molecule has 0 saturated heterocycles. The third-order valence-corrected chi connectivity index (χ3v) is 6.94. The second kappa shape index (κ2) is 7.38. The summed E-state index contributed by atoms with van der Waals surface area (Å²) >= 11 is 0. The van der Waals surface area contributed by atoms with E-state index in [9.17, 15) is 17.2 Å². The number of sulfonamides is 1. The van der Waals surface area contributed by atoms with Crippen LogP contribution in [0.4, 0.5) is 20.3 Å². The molecule has 8 nitrogen and oxygen atoms in total. The predicted molar refractivity (Wildman–Crippen MR) is 115 cm³/mol. The number of anilines is 2. The minimum Gasteiger partial charge on any atom is -0.360 e. The van der Waals surface area contributed by atoms with Crippen LogP contribution in [0.5, 0.6) is 0 Å². The van der Waals surface area contributed by atoms with Crippen LogP contribution in [0.1, 0.15) is 12.5 Å². The molecule has 3 heterocycles. The number of nitrogens with one attached hydrogen (secondary N) is 2. The van der Waals surface area contributed by atoms with Gasteiger partial charge in [-0.05, 0) is 42.8 Å². The lowest BCUT2D eigenvalue weighted by atomic mass is 10.1. The third-order valence-electron chi connectivity index (χ3n) is 5.09. The highest BCUT2D eigenvalue weighted by Gasteiger charge is 2.38. The second-order valence-corrected chi connectivity index (χ2v) is 8.89. The van der Waals surface area contributed by atoms with E-state index >= 15 is 0 Å². The van der Waals surface area contributed by atoms with Crippen molar-refractivity contribution in [1.82, 2.24) is 19.9 Å². The molecule has 0 saturated carbocycles. The lowest BCUT2D eigenvalue weighted by molar-refractivity contribution is 0.563. The minimum atomic E-state index is -4.37.